The van der Waals surface area contributed by atoms with Crippen LogP contribution in [0.4, 0.5) is 0 Å². The van der Waals surface area contributed by atoms with E-state index in [1.165, 1.54) is 39.1 Å². The van der Waals surface area contributed by atoms with Gasteiger partial charge in [0.05, 0.1) is 6.10 Å². The van der Waals surface area contributed by atoms with E-state index in [9.17, 15) is 5.11 Å². The lowest BCUT2D eigenvalue weighted by Gasteiger charge is -2.20. The van der Waals surface area contributed by atoms with Crippen molar-refractivity contribution in [2.45, 2.75) is 39.2 Å². The zero-order valence-electron chi connectivity index (χ0n) is 10.3. The number of nitrogens with zero attached hydrogens (tertiary/aromatic N) is 2. The summed E-state index contributed by atoms with van der Waals surface area (Å²) in [6.45, 7) is 11.4. The van der Waals surface area contributed by atoms with Crippen molar-refractivity contribution in [1.82, 2.24) is 9.80 Å². The monoisotopic (exact) mass is 214 g/mol. The molecule has 1 atom stereocenters. The van der Waals surface area contributed by atoms with E-state index < -0.39 is 0 Å². The van der Waals surface area contributed by atoms with Crippen molar-refractivity contribution in [3.63, 3.8) is 0 Å². The van der Waals surface area contributed by atoms with Gasteiger partial charge in [-0.2, -0.15) is 0 Å². The Morgan fingerprint density at radius 1 is 1.13 bits per heavy atom. The molecule has 0 saturated carbocycles. The summed E-state index contributed by atoms with van der Waals surface area (Å²) in [5, 5.41) is 9.19. The zero-order chi connectivity index (χ0) is 11.1. The van der Waals surface area contributed by atoms with Gasteiger partial charge in [0.2, 0.25) is 0 Å². The Morgan fingerprint density at radius 3 is 2.47 bits per heavy atom. The Morgan fingerprint density at radius 2 is 1.80 bits per heavy atom. The fraction of sp³-hybridized carbons (Fsp3) is 1.00. The maximum absolute atomic E-state index is 9.19. The number of rotatable bonds is 5. The molecule has 1 saturated heterocycles. The van der Waals surface area contributed by atoms with Crippen LogP contribution in [0.5, 0.6) is 0 Å². The molecular formula is C12H26N2O. The normalized spacial score (nSPS) is 22.6. The predicted octanol–water partition coefficient (Wildman–Crippen LogP) is 1.18. The minimum absolute atomic E-state index is 0.135. The van der Waals surface area contributed by atoms with E-state index in [0.29, 0.717) is 0 Å². The van der Waals surface area contributed by atoms with Crippen LogP contribution in [0.2, 0.25) is 0 Å². The molecule has 1 heterocycles. The van der Waals surface area contributed by atoms with Gasteiger partial charge in [-0.25, -0.2) is 0 Å². The van der Waals surface area contributed by atoms with E-state index in [2.05, 4.69) is 16.7 Å². The number of hydrogen-bond donors (Lipinski definition) is 1. The largest absolute Gasteiger partial charge is 0.393 e. The standard InChI is InChI=1S/C12H26N2O/c1-3-13-8-5-9-14(11-10-13)7-4-6-12(2)15/h12,15H,3-11H2,1-2H3/t12-/m1/s1. The Labute approximate surface area is 94.1 Å². The van der Waals surface area contributed by atoms with E-state index in [1.807, 2.05) is 6.92 Å². The van der Waals surface area contributed by atoms with Crippen LogP contribution in [-0.4, -0.2) is 60.3 Å². The van der Waals surface area contributed by atoms with Gasteiger partial charge in [0.15, 0.2) is 0 Å². The van der Waals surface area contributed by atoms with E-state index in [0.717, 1.165) is 19.4 Å². The van der Waals surface area contributed by atoms with Crippen LogP contribution in [0, 0.1) is 0 Å². The Bertz CT molecular complexity index is 162. The average molecular weight is 214 g/mol. The SMILES string of the molecule is CCN1CCCN(CCC[C@@H](C)O)CC1. The second kappa shape index (κ2) is 7.20. The van der Waals surface area contributed by atoms with Gasteiger partial charge >= 0.3 is 0 Å². The van der Waals surface area contributed by atoms with E-state index in [4.69, 9.17) is 0 Å². The summed E-state index contributed by atoms with van der Waals surface area (Å²) >= 11 is 0. The van der Waals surface area contributed by atoms with Gasteiger partial charge < -0.3 is 14.9 Å². The van der Waals surface area contributed by atoms with Crippen molar-refractivity contribution in [1.29, 1.82) is 0 Å². The molecule has 3 nitrogen and oxygen atoms in total. The molecule has 1 rings (SSSR count). The third-order valence-corrected chi connectivity index (χ3v) is 3.22. The highest BCUT2D eigenvalue weighted by molar-refractivity contribution is 4.68. The van der Waals surface area contributed by atoms with Crippen molar-refractivity contribution >= 4 is 0 Å². The molecule has 0 unspecified atom stereocenters. The van der Waals surface area contributed by atoms with Crippen LogP contribution >= 0.6 is 0 Å². The predicted molar refractivity (Wildman–Crippen MR) is 64.1 cm³/mol. The highest BCUT2D eigenvalue weighted by Crippen LogP contribution is 2.05. The minimum Gasteiger partial charge on any atom is -0.393 e. The molecule has 1 N–H and O–H groups in total. The molecule has 0 amide bonds. The van der Waals surface area contributed by atoms with Gasteiger partial charge in [-0.05, 0) is 52.4 Å². The van der Waals surface area contributed by atoms with Gasteiger partial charge in [-0.15, -0.1) is 0 Å². The first-order valence-electron chi connectivity index (χ1n) is 6.35. The van der Waals surface area contributed by atoms with Gasteiger partial charge in [-0.3, -0.25) is 0 Å². The highest BCUT2D eigenvalue weighted by Gasteiger charge is 2.12. The van der Waals surface area contributed by atoms with Gasteiger partial charge in [-0.1, -0.05) is 6.92 Å². The number of hydrogen-bond acceptors (Lipinski definition) is 3. The molecule has 3 heteroatoms. The summed E-state index contributed by atoms with van der Waals surface area (Å²) in [7, 11) is 0. The molecule has 90 valence electrons. The summed E-state index contributed by atoms with van der Waals surface area (Å²) in [5.41, 5.74) is 0. The van der Waals surface area contributed by atoms with Crippen molar-refractivity contribution in [3.05, 3.63) is 0 Å². The number of likely N-dealkylation sites (N-methyl/N-ethyl adjacent to an activating group) is 1. The molecule has 0 aromatic rings. The van der Waals surface area contributed by atoms with Crippen molar-refractivity contribution in [3.8, 4) is 0 Å². The quantitative estimate of drug-likeness (QED) is 0.744. The van der Waals surface area contributed by atoms with Crippen LogP contribution in [0.15, 0.2) is 0 Å². The zero-order valence-corrected chi connectivity index (χ0v) is 10.3. The van der Waals surface area contributed by atoms with Crippen molar-refractivity contribution in [2.75, 3.05) is 39.3 Å². The van der Waals surface area contributed by atoms with Crippen LogP contribution < -0.4 is 0 Å². The Kier molecular flexibility index (Phi) is 6.22. The Hall–Kier alpha value is -0.120. The van der Waals surface area contributed by atoms with Crippen LogP contribution in [0.25, 0.3) is 0 Å². The third kappa shape index (κ3) is 5.50. The molecule has 1 aliphatic rings. The summed E-state index contributed by atoms with van der Waals surface area (Å²) in [6, 6.07) is 0. The second-order valence-electron chi connectivity index (χ2n) is 4.62. The highest BCUT2D eigenvalue weighted by atomic mass is 16.3. The van der Waals surface area contributed by atoms with Gasteiger partial charge in [0.1, 0.15) is 0 Å². The molecule has 1 fully saturated rings. The summed E-state index contributed by atoms with van der Waals surface area (Å²) in [6.07, 6.45) is 3.23. The van der Waals surface area contributed by atoms with E-state index in [1.54, 1.807) is 0 Å². The lowest BCUT2D eigenvalue weighted by molar-refractivity contribution is 0.171. The summed E-state index contributed by atoms with van der Waals surface area (Å²) < 4.78 is 0. The number of aliphatic hydroxyl groups is 1. The Balaban J connectivity index is 2.14. The minimum atomic E-state index is -0.135. The molecule has 0 bridgehead atoms. The molecular weight excluding hydrogens is 188 g/mol. The molecule has 15 heavy (non-hydrogen) atoms. The lowest BCUT2D eigenvalue weighted by Crippen LogP contribution is -2.31. The number of aliphatic hydroxyl groups excluding tert-OH is 1. The maximum Gasteiger partial charge on any atom is 0.0512 e. The van der Waals surface area contributed by atoms with Crippen molar-refractivity contribution in [2.24, 2.45) is 0 Å². The second-order valence-corrected chi connectivity index (χ2v) is 4.62. The molecule has 0 radical (unpaired) electrons. The smallest absolute Gasteiger partial charge is 0.0512 e. The fourth-order valence-corrected chi connectivity index (χ4v) is 2.17. The van der Waals surface area contributed by atoms with E-state index in [-0.39, 0.29) is 6.10 Å². The van der Waals surface area contributed by atoms with Crippen molar-refractivity contribution < 1.29 is 5.11 Å². The maximum atomic E-state index is 9.19. The molecule has 0 aromatic carbocycles. The van der Waals surface area contributed by atoms with Crippen LogP contribution in [-0.2, 0) is 0 Å². The first-order chi connectivity index (χ1) is 7.22. The topological polar surface area (TPSA) is 26.7 Å². The van der Waals surface area contributed by atoms with Crippen LogP contribution in [0.1, 0.15) is 33.1 Å². The van der Waals surface area contributed by atoms with E-state index >= 15 is 0 Å². The average Bonchev–Trinajstić information content (AvgIpc) is 2.42. The summed E-state index contributed by atoms with van der Waals surface area (Å²) in [5.74, 6) is 0. The third-order valence-electron chi connectivity index (χ3n) is 3.22. The fourth-order valence-electron chi connectivity index (χ4n) is 2.17. The van der Waals surface area contributed by atoms with Crippen LogP contribution in [0.3, 0.4) is 0 Å². The molecule has 0 spiro atoms. The summed E-state index contributed by atoms with van der Waals surface area (Å²) in [4.78, 5) is 5.06. The first-order valence-corrected chi connectivity index (χ1v) is 6.35. The first kappa shape index (κ1) is 12.9. The lowest BCUT2D eigenvalue weighted by atomic mass is 10.2. The molecule has 1 aliphatic heterocycles. The van der Waals surface area contributed by atoms with Gasteiger partial charge in [0, 0.05) is 13.1 Å². The molecule has 0 aromatic heterocycles. The van der Waals surface area contributed by atoms with Gasteiger partial charge in [0.25, 0.3) is 0 Å². The molecule has 0 aliphatic carbocycles.